The van der Waals surface area contributed by atoms with Gasteiger partial charge in [-0.3, -0.25) is 9.59 Å². The summed E-state index contributed by atoms with van der Waals surface area (Å²) < 4.78 is 5.55. The normalized spacial score (nSPS) is 16.7. The third kappa shape index (κ3) is 4.85. The molecule has 2 aromatic rings. The molecule has 0 radical (unpaired) electrons. The van der Waals surface area contributed by atoms with Gasteiger partial charge in [-0.1, -0.05) is 36.2 Å². The molecule has 3 rings (SSSR count). The summed E-state index contributed by atoms with van der Waals surface area (Å²) in [5, 5.41) is 3.11. The molecule has 1 atom stereocenters. The van der Waals surface area contributed by atoms with Crippen LogP contribution in [0.25, 0.3) is 0 Å². The fraction of sp³-hybridized carbons (Fsp3) is 0.333. The molecule has 0 aliphatic carbocycles. The highest BCUT2D eigenvalue weighted by Crippen LogP contribution is 2.25. The Bertz CT molecular complexity index is 855. The first kappa shape index (κ1) is 20.6. The Labute approximate surface area is 174 Å². The van der Waals surface area contributed by atoms with Gasteiger partial charge in [0.25, 0.3) is 5.91 Å². The first-order valence-electron chi connectivity index (χ1n) is 9.36. The number of carbonyl (C=O) groups excluding carboxylic acids is 2. The summed E-state index contributed by atoms with van der Waals surface area (Å²) in [6.45, 7) is 3.33. The number of rotatable bonds is 8. The Balaban J connectivity index is 1.58. The topological polar surface area (TPSA) is 63.2 Å². The Kier molecular flexibility index (Phi) is 6.94. The van der Waals surface area contributed by atoms with Crippen molar-refractivity contribution in [2.75, 3.05) is 18.1 Å². The van der Waals surface area contributed by atoms with Crippen LogP contribution in [0.3, 0.4) is 0 Å². The highest BCUT2D eigenvalue weighted by Gasteiger charge is 2.42. The van der Waals surface area contributed by atoms with E-state index < -0.39 is 6.04 Å². The zero-order valence-electron chi connectivity index (χ0n) is 15.7. The van der Waals surface area contributed by atoms with Gasteiger partial charge in [-0.15, -0.1) is 0 Å². The number of nitrogens with two attached hydrogens (primary N) is 1. The third-order valence-corrected chi connectivity index (χ3v) is 5.22. The Morgan fingerprint density at radius 3 is 2.57 bits per heavy atom. The van der Waals surface area contributed by atoms with Crippen LogP contribution in [-0.2, 0) is 16.0 Å². The van der Waals surface area contributed by atoms with Crippen LogP contribution in [0.1, 0.15) is 25.3 Å². The lowest BCUT2D eigenvalue weighted by Gasteiger charge is -2.15. The van der Waals surface area contributed by atoms with E-state index in [4.69, 9.17) is 27.9 Å². The molecule has 5 nitrogen and oxygen atoms in total. The molecule has 1 saturated heterocycles. The van der Waals surface area contributed by atoms with Crippen molar-refractivity contribution in [3.8, 4) is 5.75 Å². The van der Waals surface area contributed by atoms with Gasteiger partial charge in [-0.2, -0.15) is 0 Å². The molecule has 7 heteroatoms. The van der Waals surface area contributed by atoms with Crippen molar-refractivity contribution in [3.05, 3.63) is 58.1 Å². The van der Waals surface area contributed by atoms with Crippen LogP contribution < -0.4 is 15.0 Å². The molecule has 1 aliphatic heterocycles. The van der Waals surface area contributed by atoms with Crippen LogP contribution in [0.15, 0.2) is 42.5 Å². The second kappa shape index (κ2) is 9.41. The van der Waals surface area contributed by atoms with Crippen molar-refractivity contribution in [1.82, 2.24) is 0 Å². The van der Waals surface area contributed by atoms with E-state index in [1.54, 1.807) is 36.4 Å². The predicted octanol–water partition coefficient (Wildman–Crippen LogP) is 3.22. The molecule has 2 aromatic carbocycles. The van der Waals surface area contributed by atoms with E-state index in [1.807, 2.05) is 18.3 Å². The molecule has 0 saturated carbocycles. The van der Waals surface area contributed by atoms with Crippen LogP contribution in [0.5, 0.6) is 5.75 Å². The van der Waals surface area contributed by atoms with Crippen LogP contribution >= 0.6 is 23.2 Å². The van der Waals surface area contributed by atoms with Gasteiger partial charge in [0.05, 0.1) is 25.3 Å². The number of benzene rings is 2. The highest BCUT2D eigenvalue weighted by atomic mass is 35.5. The van der Waals surface area contributed by atoms with Gasteiger partial charge < -0.3 is 10.1 Å². The van der Waals surface area contributed by atoms with E-state index in [2.05, 4.69) is 0 Å². The zero-order valence-corrected chi connectivity index (χ0v) is 17.2. The SMILES string of the molecule is CCCOc1ccc(N2C(=O)C[C@H]([NH2+]CCc3ccc(Cl)cc3Cl)C2=O)cc1. The molecule has 0 aromatic heterocycles. The van der Waals surface area contributed by atoms with E-state index in [0.29, 0.717) is 35.3 Å². The zero-order chi connectivity index (χ0) is 20.1. The first-order valence-corrected chi connectivity index (χ1v) is 10.1. The van der Waals surface area contributed by atoms with Crippen molar-refractivity contribution in [2.45, 2.75) is 32.2 Å². The molecular weight excluding hydrogens is 399 g/mol. The average Bonchev–Trinajstić information content (AvgIpc) is 2.96. The van der Waals surface area contributed by atoms with Gasteiger partial charge in [0.15, 0.2) is 6.04 Å². The molecule has 0 unspecified atom stereocenters. The number of nitrogens with zero attached hydrogens (tertiary/aromatic N) is 1. The van der Waals surface area contributed by atoms with Crippen LogP contribution in [0.2, 0.25) is 10.0 Å². The maximum atomic E-state index is 12.7. The lowest BCUT2D eigenvalue weighted by molar-refractivity contribution is -0.674. The predicted molar refractivity (Wildman–Crippen MR) is 110 cm³/mol. The molecule has 0 spiro atoms. The van der Waals surface area contributed by atoms with Gasteiger partial charge in [-0.25, -0.2) is 4.90 Å². The second-order valence-electron chi connectivity index (χ2n) is 6.73. The summed E-state index contributed by atoms with van der Waals surface area (Å²) in [6.07, 6.45) is 1.81. The number of anilines is 1. The number of quaternary nitrogens is 1. The number of carbonyl (C=O) groups is 2. The van der Waals surface area contributed by atoms with Gasteiger partial charge in [-0.05, 0) is 48.4 Å². The fourth-order valence-corrected chi connectivity index (χ4v) is 3.69. The minimum Gasteiger partial charge on any atom is -0.494 e. The molecule has 0 bridgehead atoms. The van der Waals surface area contributed by atoms with Gasteiger partial charge >= 0.3 is 0 Å². The number of ether oxygens (including phenoxy) is 1. The first-order chi connectivity index (χ1) is 13.5. The fourth-order valence-electron chi connectivity index (χ4n) is 3.19. The molecule has 1 fully saturated rings. The standard InChI is InChI=1S/C21H22Cl2N2O3/c1-2-11-28-17-7-5-16(6-8-17)25-20(26)13-19(21(25)27)24-10-9-14-3-4-15(22)12-18(14)23/h3-8,12,19,24H,2,9-11,13H2,1H3/p+1/t19-/m0/s1. The van der Waals surface area contributed by atoms with E-state index in [-0.39, 0.29) is 18.2 Å². The molecule has 2 amide bonds. The Morgan fingerprint density at radius 1 is 1.14 bits per heavy atom. The van der Waals surface area contributed by atoms with E-state index in [0.717, 1.165) is 17.7 Å². The van der Waals surface area contributed by atoms with E-state index >= 15 is 0 Å². The third-order valence-electron chi connectivity index (χ3n) is 4.63. The molecule has 1 heterocycles. The van der Waals surface area contributed by atoms with Crippen LogP contribution in [-0.4, -0.2) is 31.0 Å². The highest BCUT2D eigenvalue weighted by molar-refractivity contribution is 6.35. The number of halogens is 2. The molecule has 148 valence electrons. The average molecular weight is 422 g/mol. The second-order valence-corrected chi connectivity index (χ2v) is 7.57. The minimum atomic E-state index is -0.408. The van der Waals surface area contributed by atoms with Crippen molar-refractivity contribution in [3.63, 3.8) is 0 Å². The summed E-state index contributed by atoms with van der Waals surface area (Å²) in [5.74, 6) is 0.361. The summed E-state index contributed by atoms with van der Waals surface area (Å²) in [7, 11) is 0. The maximum Gasteiger partial charge on any atom is 0.292 e. The Hall–Kier alpha value is -2.08. The minimum absolute atomic E-state index is 0.182. The van der Waals surface area contributed by atoms with Crippen molar-refractivity contribution in [1.29, 1.82) is 0 Å². The van der Waals surface area contributed by atoms with E-state index in [1.165, 1.54) is 4.90 Å². The van der Waals surface area contributed by atoms with Crippen molar-refractivity contribution in [2.24, 2.45) is 0 Å². The smallest absolute Gasteiger partial charge is 0.292 e. The van der Waals surface area contributed by atoms with E-state index in [9.17, 15) is 9.59 Å². The molecule has 1 aliphatic rings. The molecule has 2 N–H and O–H groups in total. The van der Waals surface area contributed by atoms with Crippen LogP contribution in [0, 0.1) is 0 Å². The summed E-state index contributed by atoms with van der Waals surface area (Å²) >= 11 is 12.1. The Morgan fingerprint density at radius 2 is 1.89 bits per heavy atom. The van der Waals surface area contributed by atoms with Gasteiger partial charge in [0.2, 0.25) is 5.91 Å². The number of imide groups is 1. The summed E-state index contributed by atoms with van der Waals surface area (Å²) in [5.41, 5.74) is 1.55. The monoisotopic (exact) mass is 421 g/mol. The largest absolute Gasteiger partial charge is 0.494 e. The lowest BCUT2D eigenvalue weighted by Crippen LogP contribution is -2.92. The maximum absolute atomic E-state index is 12.7. The van der Waals surface area contributed by atoms with Crippen molar-refractivity contribution < 1.29 is 19.6 Å². The van der Waals surface area contributed by atoms with Gasteiger partial charge in [0.1, 0.15) is 5.75 Å². The van der Waals surface area contributed by atoms with Crippen molar-refractivity contribution >= 4 is 40.7 Å². The lowest BCUT2D eigenvalue weighted by atomic mass is 10.1. The molecular formula is C21H23Cl2N2O3+. The quantitative estimate of drug-likeness (QED) is 0.665. The summed E-state index contributed by atoms with van der Waals surface area (Å²) in [4.78, 5) is 26.4. The summed E-state index contributed by atoms with van der Waals surface area (Å²) in [6, 6.07) is 12.0. The molecule has 28 heavy (non-hydrogen) atoms. The number of hydrogen-bond acceptors (Lipinski definition) is 3. The number of hydrogen-bond donors (Lipinski definition) is 1. The van der Waals surface area contributed by atoms with Gasteiger partial charge in [0, 0.05) is 16.5 Å². The number of amides is 2. The van der Waals surface area contributed by atoms with Crippen LogP contribution in [0.4, 0.5) is 5.69 Å².